The Hall–Kier alpha value is -2.60. The highest BCUT2D eigenvalue weighted by Gasteiger charge is 2.21. The van der Waals surface area contributed by atoms with Gasteiger partial charge in [0.15, 0.2) is 0 Å². The van der Waals surface area contributed by atoms with Gasteiger partial charge in [-0.2, -0.15) is 0 Å². The highest BCUT2D eigenvalue weighted by Crippen LogP contribution is 2.23. The topological polar surface area (TPSA) is 97.4 Å². The summed E-state index contributed by atoms with van der Waals surface area (Å²) in [5, 5.41) is 5.68. The summed E-state index contributed by atoms with van der Waals surface area (Å²) in [5.41, 5.74) is 7.53. The van der Waals surface area contributed by atoms with Crippen LogP contribution in [0.2, 0.25) is 0 Å². The van der Waals surface area contributed by atoms with Gasteiger partial charge in [0.1, 0.15) is 12.0 Å². The molecule has 0 unspecified atom stereocenters. The van der Waals surface area contributed by atoms with E-state index in [9.17, 15) is 9.59 Å². The first-order chi connectivity index (χ1) is 11.2. The van der Waals surface area contributed by atoms with Crippen LogP contribution >= 0.6 is 0 Å². The van der Waals surface area contributed by atoms with E-state index in [0.29, 0.717) is 22.7 Å². The minimum absolute atomic E-state index is 0.0916. The zero-order chi connectivity index (χ0) is 17.9. The van der Waals surface area contributed by atoms with Crippen LogP contribution in [0.15, 0.2) is 34.9 Å². The first-order valence-electron chi connectivity index (χ1n) is 7.71. The van der Waals surface area contributed by atoms with Crippen LogP contribution < -0.4 is 16.4 Å². The van der Waals surface area contributed by atoms with Crippen LogP contribution in [0, 0.1) is 12.3 Å². The smallest absolute Gasteiger partial charge is 0.258 e. The largest absolute Gasteiger partial charge is 0.467 e. The fourth-order valence-electron chi connectivity index (χ4n) is 1.95. The van der Waals surface area contributed by atoms with Gasteiger partial charge in [-0.25, -0.2) is 0 Å². The number of hydrogen-bond donors (Lipinski definition) is 3. The maximum atomic E-state index is 12.3. The van der Waals surface area contributed by atoms with Crippen molar-refractivity contribution in [2.75, 3.05) is 10.6 Å². The molecule has 4 N–H and O–H groups in total. The molecule has 0 spiro atoms. The molecule has 6 nitrogen and oxygen atoms in total. The molecule has 1 aromatic carbocycles. The molecule has 0 saturated carbocycles. The lowest BCUT2D eigenvalue weighted by Gasteiger charge is -2.18. The molecule has 0 aliphatic heterocycles. The van der Waals surface area contributed by atoms with Crippen LogP contribution in [0.3, 0.4) is 0 Å². The van der Waals surface area contributed by atoms with Gasteiger partial charge in [-0.05, 0) is 30.7 Å². The number of carbonyl (C=O) groups excluding carboxylic acids is 2. The van der Waals surface area contributed by atoms with Crippen molar-refractivity contribution in [2.45, 2.75) is 34.2 Å². The lowest BCUT2D eigenvalue weighted by molar-refractivity contribution is -0.123. The van der Waals surface area contributed by atoms with Gasteiger partial charge in [0.25, 0.3) is 5.91 Å². The Morgan fingerprint density at radius 2 is 1.88 bits per heavy atom. The fourth-order valence-corrected chi connectivity index (χ4v) is 1.95. The van der Waals surface area contributed by atoms with E-state index in [1.807, 2.05) is 33.8 Å². The Morgan fingerprint density at radius 3 is 2.46 bits per heavy atom. The highest BCUT2D eigenvalue weighted by atomic mass is 16.3. The van der Waals surface area contributed by atoms with Gasteiger partial charge in [0, 0.05) is 16.8 Å². The second kappa shape index (κ2) is 6.88. The van der Waals surface area contributed by atoms with Crippen molar-refractivity contribution in [1.82, 2.24) is 0 Å². The number of benzene rings is 1. The van der Waals surface area contributed by atoms with Gasteiger partial charge in [0.05, 0.1) is 12.1 Å². The molecule has 0 aliphatic carbocycles. The van der Waals surface area contributed by atoms with E-state index in [-0.39, 0.29) is 18.4 Å². The average Bonchev–Trinajstić information content (AvgIpc) is 2.98. The van der Waals surface area contributed by atoms with Crippen molar-refractivity contribution >= 4 is 23.2 Å². The molecule has 6 heteroatoms. The molecule has 24 heavy (non-hydrogen) atoms. The zero-order valence-corrected chi connectivity index (χ0v) is 14.4. The molecule has 2 amide bonds. The SMILES string of the molecule is Cc1ccc(NC(=O)C(C)(C)C)cc1NC(=O)c1coc(CN)c1. The third-order valence-corrected chi connectivity index (χ3v) is 3.54. The number of hydrogen-bond acceptors (Lipinski definition) is 4. The Morgan fingerprint density at radius 1 is 1.17 bits per heavy atom. The van der Waals surface area contributed by atoms with Crippen LogP contribution in [0.1, 0.15) is 42.5 Å². The lowest BCUT2D eigenvalue weighted by atomic mass is 9.95. The zero-order valence-electron chi connectivity index (χ0n) is 14.4. The summed E-state index contributed by atoms with van der Waals surface area (Å²) < 4.78 is 5.17. The van der Waals surface area contributed by atoms with Gasteiger partial charge in [-0.1, -0.05) is 26.8 Å². The summed E-state index contributed by atoms with van der Waals surface area (Å²) in [4.78, 5) is 24.4. The molecule has 128 valence electrons. The van der Waals surface area contributed by atoms with E-state index in [0.717, 1.165) is 5.56 Å². The molecule has 0 bridgehead atoms. The van der Waals surface area contributed by atoms with E-state index in [1.165, 1.54) is 6.26 Å². The van der Waals surface area contributed by atoms with E-state index < -0.39 is 5.41 Å². The third-order valence-electron chi connectivity index (χ3n) is 3.54. The number of carbonyl (C=O) groups is 2. The molecular weight excluding hydrogens is 306 g/mol. The summed E-state index contributed by atoms with van der Waals surface area (Å²) in [6, 6.07) is 6.99. The lowest BCUT2D eigenvalue weighted by Crippen LogP contribution is -2.27. The van der Waals surface area contributed by atoms with Crippen LogP contribution in [-0.4, -0.2) is 11.8 Å². The van der Waals surface area contributed by atoms with Crippen LogP contribution in [0.25, 0.3) is 0 Å². The predicted molar refractivity (Wildman–Crippen MR) is 93.8 cm³/mol. The number of aryl methyl sites for hydroxylation is 1. The first kappa shape index (κ1) is 17.7. The normalized spacial score (nSPS) is 11.2. The van der Waals surface area contributed by atoms with Crippen molar-refractivity contribution in [2.24, 2.45) is 11.1 Å². The van der Waals surface area contributed by atoms with Gasteiger partial charge < -0.3 is 20.8 Å². The van der Waals surface area contributed by atoms with Crippen molar-refractivity contribution in [3.63, 3.8) is 0 Å². The van der Waals surface area contributed by atoms with E-state index in [1.54, 1.807) is 18.2 Å². The van der Waals surface area contributed by atoms with Crippen molar-refractivity contribution in [3.05, 3.63) is 47.4 Å². The van der Waals surface area contributed by atoms with Gasteiger partial charge in [-0.15, -0.1) is 0 Å². The van der Waals surface area contributed by atoms with Gasteiger partial charge >= 0.3 is 0 Å². The van der Waals surface area contributed by atoms with Crippen molar-refractivity contribution < 1.29 is 14.0 Å². The third kappa shape index (κ3) is 4.23. The van der Waals surface area contributed by atoms with Crippen LogP contribution in [0.5, 0.6) is 0 Å². The second-order valence-corrected chi connectivity index (χ2v) is 6.69. The molecule has 2 rings (SSSR count). The molecule has 0 saturated heterocycles. The van der Waals surface area contributed by atoms with E-state index in [4.69, 9.17) is 10.2 Å². The predicted octanol–water partition coefficient (Wildman–Crippen LogP) is 3.28. The van der Waals surface area contributed by atoms with Crippen molar-refractivity contribution in [1.29, 1.82) is 0 Å². The Balaban J connectivity index is 2.16. The summed E-state index contributed by atoms with van der Waals surface area (Å²) in [6.45, 7) is 7.64. The molecule has 0 aliphatic rings. The molecule has 0 radical (unpaired) electrons. The summed E-state index contributed by atoms with van der Waals surface area (Å²) in [6.07, 6.45) is 1.37. The van der Waals surface area contributed by atoms with E-state index >= 15 is 0 Å². The minimum atomic E-state index is -0.496. The van der Waals surface area contributed by atoms with Crippen molar-refractivity contribution in [3.8, 4) is 0 Å². The maximum absolute atomic E-state index is 12.3. The average molecular weight is 329 g/mol. The number of nitrogens with one attached hydrogen (secondary N) is 2. The second-order valence-electron chi connectivity index (χ2n) is 6.69. The fraction of sp³-hybridized carbons (Fsp3) is 0.333. The first-order valence-corrected chi connectivity index (χ1v) is 7.71. The maximum Gasteiger partial charge on any atom is 0.258 e. The molecule has 1 aromatic heterocycles. The number of nitrogens with two attached hydrogens (primary N) is 1. The Kier molecular flexibility index (Phi) is 5.09. The Labute approximate surface area is 141 Å². The number of amides is 2. The summed E-state index contributed by atoms with van der Waals surface area (Å²) >= 11 is 0. The van der Waals surface area contributed by atoms with E-state index in [2.05, 4.69) is 10.6 Å². The monoisotopic (exact) mass is 329 g/mol. The summed E-state index contributed by atoms with van der Waals surface area (Å²) in [5.74, 6) is 0.162. The highest BCUT2D eigenvalue weighted by molar-refractivity contribution is 6.05. The van der Waals surface area contributed by atoms with Gasteiger partial charge in [0.2, 0.25) is 5.91 Å². The summed E-state index contributed by atoms with van der Waals surface area (Å²) in [7, 11) is 0. The molecule has 0 fully saturated rings. The number of rotatable bonds is 4. The van der Waals surface area contributed by atoms with Crippen LogP contribution in [0.4, 0.5) is 11.4 Å². The number of anilines is 2. The molecular formula is C18H23N3O3. The van der Waals surface area contributed by atoms with Gasteiger partial charge in [-0.3, -0.25) is 9.59 Å². The quantitative estimate of drug-likeness (QED) is 0.802. The Bertz CT molecular complexity index is 757. The number of furan rings is 1. The van der Waals surface area contributed by atoms with Crippen LogP contribution in [-0.2, 0) is 11.3 Å². The molecule has 2 aromatic rings. The molecule has 1 heterocycles. The standard InChI is InChI=1S/C18H23N3O3/c1-11-5-6-13(20-17(23)18(2,3)4)8-15(11)21-16(22)12-7-14(9-19)24-10-12/h5-8,10H,9,19H2,1-4H3,(H,20,23)(H,21,22). The molecule has 0 atom stereocenters. The minimum Gasteiger partial charge on any atom is -0.467 e.